The van der Waals surface area contributed by atoms with Crippen LogP contribution in [0.1, 0.15) is 29.1 Å². The van der Waals surface area contributed by atoms with E-state index in [2.05, 4.69) is 10.6 Å². The fourth-order valence-electron chi connectivity index (χ4n) is 1.63. The Morgan fingerprint density at radius 3 is 2.47 bits per heavy atom. The molecule has 0 radical (unpaired) electrons. The Morgan fingerprint density at radius 2 is 1.84 bits per heavy atom. The molecule has 5 heteroatoms. The van der Waals surface area contributed by atoms with Crippen LogP contribution in [0.4, 0.5) is 4.79 Å². The van der Waals surface area contributed by atoms with E-state index >= 15 is 0 Å². The van der Waals surface area contributed by atoms with Crippen molar-refractivity contribution in [2.75, 3.05) is 0 Å². The monoisotopic (exact) mass is 258 g/mol. The van der Waals surface area contributed by atoms with Gasteiger partial charge < -0.3 is 9.73 Å². The molecule has 1 heterocycles. The number of carbonyl (C=O) groups excluding carboxylic acids is 2. The molecule has 1 aromatic heterocycles. The lowest BCUT2D eigenvalue weighted by molar-refractivity contribution is 0.0936. The molecule has 1 atom stereocenters. The minimum atomic E-state index is -0.567. The second kappa shape index (κ2) is 5.86. The largest absolute Gasteiger partial charge is 0.459 e. The van der Waals surface area contributed by atoms with Crippen LogP contribution in [0.5, 0.6) is 0 Å². The molecule has 2 rings (SSSR count). The van der Waals surface area contributed by atoms with Crippen molar-refractivity contribution in [3.05, 3.63) is 60.1 Å². The molecule has 0 aliphatic rings. The summed E-state index contributed by atoms with van der Waals surface area (Å²) in [6.45, 7) is 1.84. The second-order valence-electron chi connectivity index (χ2n) is 4.04. The molecule has 1 unspecified atom stereocenters. The fraction of sp³-hybridized carbons (Fsp3) is 0.143. The average Bonchev–Trinajstić information content (AvgIpc) is 2.93. The molecule has 0 bridgehead atoms. The highest BCUT2D eigenvalue weighted by atomic mass is 16.3. The zero-order valence-electron chi connectivity index (χ0n) is 10.4. The summed E-state index contributed by atoms with van der Waals surface area (Å²) < 4.78 is 4.89. The highest BCUT2D eigenvalue weighted by Crippen LogP contribution is 2.10. The molecule has 0 spiro atoms. The third kappa shape index (κ3) is 3.45. The Balaban J connectivity index is 1.90. The molecule has 19 heavy (non-hydrogen) atoms. The lowest BCUT2D eigenvalue weighted by Gasteiger charge is -2.14. The summed E-state index contributed by atoms with van der Waals surface area (Å²) in [7, 11) is 0. The lowest BCUT2D eigenvalue weighted by Crippen LogP contribution is -2.40. The summed E-state index contributed by atoms with van der Waals surface area (Å²) in [6.07, 6.45) is 1.37. The van der Waals surface area contributed by atoms with E-state index in [9.17, 15) is 9.59 Å². The van der Waals surface area contributed by atoms with Gasteiger partial charge in [0.1, 0.15) is 0 Å². The molecule has 5 nitrogen and oxygen atoms in total. The summed E-state index contributed by atoms with van der Waals surface area (Å²) in [5.41, 5.74) is 0.961. The lowest BCUT2D eigenvalue weighted by atomic mass is 10.1. The third-order valence-corrected chi connectivity index (χ3v) is 2.62. The van der Waals surface area contributed by atoms with Crippen molar-refractivity contribution in [2.45, 2.75) is 13.0 Å². The first-order chi connectivity index (χ1) is 9.16. The number of rotatable bonds is 3. The zero-order chi connectivity index (χ0) is 13.7. The summed E-state index contributed by atoms with van der Waals surface area (Å²) in [5.74, 6) is -0.467. The van der Waals surface area contributed by atoms with Gasteiger partial charge in [-0.3, -0.25) is 10.1 Å². The average molecular weight is 258 g/mol. The topological polar surface area (TPSA) is 71.3 Å². The number of urea groups is 1. The molecule has 2 aromatic rings. The molecular formula is C14H14N2O3. The number of furan rings is 1. The number of imide groups is 1. The molecule has 1 aromatic carbocycles. The van der Waals surface area contributed by atoms with Crippen molar-refractivity contribution in [2.24, 2.45) is 0 Å². The Hall–Kier alpha value is -2.56. The van der Waals surface area contributed by atoms with Crippen molar-refractivity contribution < 1.29 is 14.0 Å². The van der Waals surface area contributed by atoms with Gasteiger partial charge in [0, 0.05) is 0 Å². The van der Waals surface area contributed by atoms with E-state index in [4.69, 9.17) is 4.42 Å². The molecule has 3 amide bonds. The van der Waals surface area contributed by atoms with Gasteiger partial charge in [0.05, 0.1) is 12.3 Å². The quantitative estimate of drug-likeness (QED) is 0.888. The van der Waals surface area contributed by atoms with Crippen LogP contribution < -0.4 is 10.6 Å². The van der Waals surface area contributed by atoms with E-state index in [0.717, 1.165) is 5.56 Å². The SMILES string of the molecule is CC(NC(=O)NC(=O)c1ccco1)c1ccccc1. The highest BCUT2D eigenvalue weighted by Gasteiger charge is 2.14. The highest BCUT2D eigenvalue weighted by molar-refractivity contribution is 6.02. The van der Waals surface area contributed by atoms with E-state index < -0.39 is 11.9 Å². The summed E-state index contributed by atoms with van der Waals surface area (Å²) >= 11 is 0. The Bertz CT molecular complexity index is 549. The maximum Gasteiger partial charge on any atom is 0.322 e. The van der Waals surface area contributed by atoms with Gasteiger partial charge in [0.2, 0.25) is 0 Å². The van der Waals surface area contributed by atoms with E-state index in [-0.39, 0.29) is 11.8 Å². The van der Waals surface area contributed by atoms with Gasteiger partial charge in [-0.15, -0.1) is 0 Å². The van der Waals surface area contributed by atoms with E-state index in [1.165, 1.54) is 12.3 Å². The first-order valence-corrected chi connectivity index (χ1v) is 5.87. The van der Waals surface area contributed by atoms with Gasteiger partial charge in [-0.2, -0.15) is 0 Å². The van der Waals surface area contributed by atoms with Crippen LogP contribution >= 0.6 is 0 Å². The number of hydrogen-bond donors (Lipinski definition) is 2. The first kappa shape index (κ1) is 12.9. The van der Waals surface area contributed by atoms with Crippen molar-refractivity contribution in [1.29, 1.82) is 0 Å². The van der Waals surface area contributed by atoms with Crippen LogP contribution in [0.3, 0.4) is 0 Å². The van der Waals surface area contributed by atoms with E-state index in [1.54, 1.807) is 6.07 Å². The number of benzene rings is 1. The number of carbonyl (C=O) groups is 2. The Labute approximate surface area is 110 Å². The predicted octanol–water partition coefficient (Wildman–Crippen LogP) is 2.48. The number of nitrogens with one attached hydrogen (secondary N) is 2. The van der Waals surface area contributed by atoms with Gasteiger partial charge in [-0.05, 0) is 24.6 Å². The van der Waals surface area contributed by atoms with Gasteiger partial charge in [-0.1, -0.05) is 30.3 Å². The van der Waals surface area contributed by atoms with Crippen LogP contribution in [-0.2, 0) is 0 Å². The van der Waals surface area contributed by atoms with Gasteiger partial charge in [0.25, 0.3) is 5.91 Å². The van der Waals surface area contributed by atoms with E-state index in [0.29, 0.717) is 0 Å². The van der Waals surface area contributed by atoms with Gasteiger partial charge in [-0.25, -0.2) is 4.79 Å². The summed E-state index contributed by atoms with van der Waals surface area (Å²) in [5, 5.41) is 4.88. The Kier molecular flexibility index (Phi) is 3.97. The second-order valence-corrected chi connectivity index (χ2v) is 4.04. The standard InChI is InChI=1S/C14H14N2O3/c1-10(11-6-3-2-4-7-11)15-14(18)16-13(17)12-8-5-9-19-12/h2-10H,1H3,(H2,15,16,17,18). The minimum Gasteiger partial charge on any atom is -0.459 e. The molecule has 0 saturated heterocycles. The van der Waals surface area contributed by atoms with Crippen LogP contribution in [0.25, 0.3) is 0 Å². The maximum atomic E-state index is 11.6. The number of amides is 3. The molecule has 0 saturated carbocycles. The molecule has 98 valence electrons. The molecule has 0 fully saturated rings. The van der Waals surface area contributed by atoms with Crippen molar-refractivity contribution >= 4 is 11.9 Å². The zero-order valence-corrected chi connectivity index (χ0v) is 10.4. The first-order valence-electron chi connectivity index (χ1n) is 5.87. The third-order valence-electron chi connectivity index (χ3n) is 2.62. The maximum absolute atomic E-state index is 11.6. The molecular weight excluding hydrogens is 244 g/mol. The molecule has 2 N–H and O–H groups in total. The van der Waals surface area contributed by atoms with Crippen molar-refractivity contribution in [1.82, 2.24) is 10.6 Å². The van der Waals surface area contributed by atoms with Crippen LogP contribution in [-0.4, -0.2) is 11.9 Å². The van der Waals surface area contributed by atoms with Gasteiger partial charge >= 0.3 is 6.03 Å². The summed E-state index contributed by atoms with van der Waals surface area (Å²) in [4.78, 5) is 23.2. The fourth-order valence-corrected chi connectivity index (χ4v) is 1.63. The summed E-state index contributed by atoms with van der Waals surface area (Å²) in [6, 6.07) is 11.8. The molecule has 0 aliphatic heterocycles. The molecule has 0 aliphatic carbocycles. The normalized spacial score (nSPS) is 11.6. The van der Waals surface area contributed by atoms with Crippen molar-refractivity contribution in [3.8, 4) is 0 Å². The van der Waals surface area contributed by atoms with Crippen molar-refractivity contribution in [3.63, 3.8) is 0 Å². The van der Waals surface area contributed by atoms with Crippen LogP contribution in [0, 0.1) is 0 Å². The van der Waals surface area contributed by atoms with Crippen LogP contribution in [0.2, 0.25) is 0 Å². The van der Waals surface area contributed by atoms with Crippen LogP contribution in [0.15, 0.2) is 53.1 Å². The predicted molar refractivity (Wildman–Crippen MR) is 69.6 cm³/mol. The van der Waals surface area contributed by atoms with Gasteiger partial charge in [0.15, 0.2) is 5.76 Å². The Morgan fingerprint density at radius 1 is 1.11 bits per heavy atom. The van der Waals surface area contributed by atoms with E-state index in [1.807, 2.05) is 37.3 Å². The smallest absolute Gasteiger partial charge is 0.322 e. The number of hydrogen-bond acceptors (Lipinski definition) is 3. The minimum absolute atomic E-state index is 0.0996.